The van der Waals surface area contributed by atoms with Crippen LogP contribution in [0.15, 0.2) is 12.1 Å². The maximum Gasteiger partial charge on any atom is 0.269 e. The van der Waals surface area contributed by atoms with Gasteiger partial charge in [-0.3, -0.25) is 10.1 Å². The van der Waals surface area contributed by atoms with Crippen LogP contribution in [-0.2, 0) is 6.67 Å². The monoisotopic (exact) mass is 183 g/mol. The van der Waals surface area contributed by atoms with Crippen molar-refractivity contribution in [2.75, 3.05) is 0 Å². The second-order valence-corrected chi connectivity index (χ2v) is 2.95. The standard InChI is InChI=1S/C9H10FNO2/c1-6-3-8(11(12)13)4-7(2)9(6)5-10/h3-4H,5H2,1-2H3. The molecule has 1 aromatic rings. The molecule has 0 atom stereocenters. The fourth-order valence-electron chi connectivity index (χ4n) is 1.29. The highest BCUT2D eigenvalue weighted by Crippen LogP contribution is 2.22. The van der Waals surface area contributed by atoms with Gasteiger partial charge in [-0.1, -0.05) is 0 Å². The summed E-state index contributed by atoms with van der Waals surface area (Å²) in [5.41, 5.74) is 1.83. The predicted molar refractivity (Wildman–Crippen MR) is 47.4 cm³/mol. The van der Waals surface area contributed by atoms with Gasteiger partial charge in [0, 0.05) is 12.1 Å². The first-order valence-electron chi connectivity index (χ1n) is 3.86. The largest absolute Gasteiger partial charge is 0.269 e. The minimum absolute atomic E-state index is 0.0206. The summed E-state index contributed by atoms with van der Waals surface area (Å²) in [6.45, 7) is 2.78. The van der Waals surface area contributed by atoms with Crippen molar-refractivity contribution in [3.63, 3.8) is 0 Å². The van der Waals surface area contributed by atoms with Crippen LogP contribution in [0.4, 0.5) is 10.1 Å². The number of alkyl halides is 1. The fourth-order valence-corrected chi connectivity index (χ4v) is 1.29. The van der Waals surface area contributed by atoms with Crippen molar-refractivity contribution in [1.82, 2.24) is 0 Å². The zero-order chi connectivity index (χ0) is 10.0. The molecule has 0 spiro atoms. The smallest absolute Gasteiger partial charge is 0.258 e. The summed E-state index contributed by atoms with van der Waals surface area (Å²) >= 11 is 0. The number of nitrogens with zero attached hydrogens (tertiary/aromatic N) is 1. The number of hydrogen-bond acceptors (Lipinski definition) is 2. The van der Waals surface area contributed by atoms with Crippen LogP contribution in [0.5, 0.6) is 0 Å². The van der Waals surface area contributed by atoms with E-state index in [-0.39, 0.29) is 5.69 Å². The molecule has 0 fully saturated rings. The summed E-state index contributed by atoms with van der Waals surface area (Å²) in [6.07, 6.45) is 0. The van der Waals surface area contributed by atoms with Crippen LogP contribution < -0.4 is 0 Å². The maximum absolute atomic E-state index is 12.4. The summed E-state index contributed by atoms with van der Waals surface area (Å²) < 4.78 is 12.4. The van der Waals surface area contributed by atoms with Crippen molar-refractivity contribution in [3.05, 3.63) is 38.9 Å². The molecule has 0 unspecified atom stereocenters. The lowest BCUT2D eigenvalue weighted by atomic mass is 10.0. The summed E-state index contributed by atoms with van der Waals surface area (Å²) in [4.78, 5) is 9.95. The highest BCUT2D eigenvalue weighted by molar-refractivity contribution is 5.44. The Morgan fingerprint density at radius 2 is 1.85 bits per heavy atom. The summed E-state index contributed by atoms with van der Waals surface area (Å²) in [5, 5.41) is 10.4. The van der Waals surface area contributed by atoms with E-state index in [1.165, 1.54) is 12.1 Å². The second kappa shape index (κ2) is 3.51. The SMILES string of the molecule is Cc1cc([N+](=O)[O-])cc(C)c1CF. The van der Waals surface area contributed by atoms with E-state index >= 15 is 0 Å². The molecule has 13 heavy (non-hydrogen) atoms. The molecule has 0 amide bonds. The molecule has 0 radical (unpaired) electrons. The van der Waals surface area contributed by atoms with E-state index in [1.54, 1.807) is 13.8 Å². The Balaban J connectivity index is 3.28. The number of benzene rings is 1. The fraction of sp³-hybridized carbons (Fsp3) is 0.333. The average Bonchev–Trinajstić information content (AvgIpc) is 2.03. The molecular weight excluding hydrogens is 173 g/mol. The number of rotatable bonds is 2. The van der Waals surface area contributed by atoms with Crippen LogP contribution in [0.2, 0.25) is 0 Å². The van der Waals surface area contributed by atoms with Crippen LogP contribution in [0, 0.1) is 24.0 Å². The molecule has 0 aliphatic heterocycles. The lowest BCUT2D eigenvalue weighted by Gasteiger charge is -2.04. The maximum atomic E-state index is 12.4. The van der Waals surface area contributed by atoms with Gasteiger partial charge in [-0.05, 0) is 30.5 Å². The van der Waals surface area contributed by atoms with Gasteiger partial charge in [0.15, 0.2) is 0 Å². The second-order valence-electron chi connectivity index (χ2n) is 2.95. The highest BCUT2D eigenvalue weighted by Gasteiger charge is 2.11. The van der Waals surface area contributed by atoms with Gasteiger partial charge in [-0.2, -0.15) is 0 Å². The minimum atomic E-state index is -0.574. The Hall–Kier alpha value is -1.45. The van der Waals surface area contributed by atoms with Crippen molar-refractivity contribution in [2.24, 2.45) is 0 Å². The Morgan fingerprint density at radius 3 is 2.15 bits per heavy atom. The van der Waals surface area contributed by atoms with Gasteiger partial charge in [0.1, 0.15) is 6.67 Å². The average molecular weight is 183 g/mol. The van der Waals surface area contributed by atoms with E-state index in [0.717, 1.165) is 0 Å². The molecule has 0 heterocycles. The van der Waals surface area contributed by atoms with E-state index in [9.17, 15) is 14.5 Å². The third kappa shape index (κ3) is 1.83. The zero-order valence-electron chi connectivity index (χ0n) is 7.50. The first-order valence-corrected chi connectivity index (χ1v) is 3.86. The summed E-state index contributed by atoms with van der Waals surface area (Å²) in [6, 6.07) is 2.78. The molecule has 0 bridgehead atoms. The molecule has 0 N–H and O–H groups in total. The molecule has 0 aliphatic carbocycles. The van der Waals surface area contributed by atoms with Crippen molar-refractivity contribution in [3.8, 4) is 0 Å². The lowest BCUT2D eigenvalue weighted by molar-refractivity contribution is -0.385. The Morgan fingerprint density at radius 1 is 1.38 bits per heavy atom. The third-order valence-corrected chi connectivity index (χ3v) is 2.03. The van der Waals surface area contributed by atoms with Gasteiger partial charge in [0.05, 0.1) is 4.92 Å². The zero-order valence-corrected chi connectivity index (χ0v) is 7.50. The van der Waals surface area contributed by atoms with Crippen molar-refractivity contribution >= 4 is 5.69 Å². The minimum Gasteiger partial charge on any atom is -0.258 e. The number of nitro benzene ring substituents is 1. The number of aryl methyl sites for hydroxylation is 2. The third-order valence-electron chi connectivity index (χ3n) is 2.03. The van der Waals surface area contributed by atoms with Crippen LogP contribution in [0.25, 0.3) is 0 Å². The molecule has 4 heteroatoms. The molecule has 0 saturated heterocycles. The Labute approximate surface area is 75.3 Å². The first kappa shape index (κ1) is 9.64. The van der Waals surface area contributed by atoms with Crippen molar-refractivity contribution < 1.29 is 9.31 Å². The molecule has 3 nitrogen and oxygen atoms in total. The van der Waals surface area contributed by atoms with E-state index < -0.39 is 11.6 Å². The molecular formula is C9H10FNO2. The Bertz CT molecular complexity index is 326. The van der Waals surface area contributed by atoms with E-state index in [0.29, 0.717) is 16.7 Å². The Kier molecular flexibility index (Phi) is 2.60. The predicted octanol–water partition coefficient (Wildman–Crippen LogP) is 2.68. The van der Waals surface area contributed by atoms with Crippen LogP contribution in [-0.4, -0.2) is 4.92 Å². The van der Waals surface area contributed by atoms with Gasteiger partial charge in [0.25, 0.3) is 5.69 Å². The van der Waals surface area contributed by atoms with Crippen LogP contribution >= 0.6 is 0 Å². The topological polar surface area (TPSA) is 43.1 Å². The molecule has 0 saturated carbocycles. The highest BCUT2D eigenvalue weighted by atomic mass is 19.1. The number of hydrogen-bond donors (Lipinski definition) is 0. The normalized spacial score (nSPS) is 10.1. The number of halogens is 1. The van der Waals surface area contributed by atoms with Gasteiger partial charge < -0.3 is 0 Å². The van der Waals surface area contributed by atoms with Crippen molar-refractivity contribution in [1.29, 1.82) is 0 Å². The van der Waals surface area contributed by atoms with Crippen LogP contribution in [0.1, 0.15) is 16.7 Å². The summed E-state index contributed by atoms with van der Waals surface area (Å²) in [5.74, 6) is 0. The quantitative estimate of drug-likeness (QED) is 0.522. The molecule has 70 valence electrons. The number of nitro groups is 1. The van der Waals surface area contributed by atoms with Gasteiger partial charge in [-0.25, -0.2) is 4.39 Å². The summed E-state index contributed by atoms with van der Waals surface area (Å²) in [7, 11) is 0. The van der Waals surface area contributed by atoms with Crippen molar-refractivity contribution in [2.45, 2.75) is 20.5 Å². The van der Waals surface area contributed by atoms with Gasteiger partial charge >= 0.3 is 0 Å². The molecule has 1 aromatic carbocycles. The molecule has 0 aliphatic rings. The van der Waals surface area contributed by atoms with E-state index in [4.69, 9.17) is 0 Å². The number of non-ortho nitro benzene ring substituents is 1. The van der Waals surface area contributed by atoms with E-state index in [1.807, 2.05) is 0 Å². The first-order chi connectivity index (χ1) is 6.06. The molecule has 1 rings (SSSR count). The van der Waals surface area contributed by atoms with E-state index in [2.05, 4.69) is 0 Å². The van der Waals surface area contributed by atoms with Crippen LogP contribution in [0.3, 0.4) is 0 Å². The van der Waals surface area contributed by atoms with Gasteiger partial charge in [-0.15, -0.1) is 0 Å². The molecule has 0 aromatic heterocycles. The lowest BCUT2D eigenvalue weighted by Crippen LogP contribution is -1.95. The van der Waals surface area contributed by atoms with Gasteiger partial charge in [0.2, 0.25) is 0 Å².